The van der Waals surface area contributed by atoms with E-state index in [0.717, 1.165) is 44.2 Å². The molecule has 2 amide bonds. The van der Waals surface area contributed by atoms with Crippen molar-refractivity contribution in [2.24, 2.45) is 0 Å². The summed E-state index contributed by atoms with van der Waals surface area (Å²) < 4.78 is 0. The quantitative estimate of drug-likeness (QED) is 0.849. The van der Waals surface area contributed by atoms with Crippen molar-refractivity contribution >= 4 is 17.9 Å². The molecule has 3 rings (SSSR count). The van der Waals surface area contributed by atoms with Crippen molar-refractivity contribution in [3.05, 3.63) is 42.0 Å². The third-order valence-corrected chi connectivity index (χ3v) is 5.26. The van der Waals surface area contributed by atoms with E-state index < -0.39 is 0 Å². The van der Waals surface area contributed by atoms with Gasteiger partial charge in [0.15, 0.2) is 0 Å². The third kappa shape index (κ3) is 3.69. The average molecular weight is 326 g/mol. The van der Waals surface area contributed by atoms with E-state index in [-0.39, 0.29) is 23.4 Å². The molecule has 2 aliphatic heterocycles. The standard InChI is InChI=1S/C20H26N2O2/c1-20-14-5-6-15-22(17(20)10-7-11-18(23)21-20)19(24)13-12-16-8-3-2-4-9-16/h2-4,8-9,12-13,17H,5-7,10-11,14-15H2,1H3,(H,21,23)/b13-12+/t17-,20-/m0/s1. The number of carbonyl (C=O) groups is 2. The van der Waals surface area contributed by atoms with E-state index in [4.69, 9.17) is 0 Å². The van der Waals surface area contributed by atoms with Crippen LogP contribution < -0.4 is 5.32 Å². The highest BCUT2D eigenvalue weighted by Gasteiger charge is 2.43. The monoisotopic (exact) mass is 326 g/mol. The van der Waals surface area contributed by atoms with Gasteiger partial charge in [-0.25, -0.2) is 0 Å². The zero-order valence-electron chi connectivity index (χ0n) is 14.3. The van der Waals surface area contributed by atoms with Crippen LogP contribution in [0.25, 0.3) is 6.08 Å². The van der Waals surface area contributed by atoms with Gasteiger partial charge in [0.05, 0.1) is 11.6 Å². The highest BCUT2D eigenvalue weighted by atomic mass is 16.2. The van der Waals surface area contributed by atoms with Crippen molar-refractivity contribution in [3.63, 3.8) is 0 Å². The Hall–Kier alpha value is -2.10. The summed E-state index contributed by atoms with van der Waals surface area (Å²) in [5.74, 6) is 0.169. The fourth-order valence-corrected chi connectivity index (χ4v) is 3.99. The number of amides is 2. The first-order chi connectivity index (χ1) is 11.6. The number of likely N-dealkylation sites (tertiary alicyclic amines) is 1. The van der Waals surface area contributed by atoms with Gasteiger partial charge in [-0.2, -0.15) is 0 Å². The molecular formula is C20H26N2O2. The van der Waals surface area contributed by atoms with E-state index in [9.17, 15) is 9.59 Å². The molecule has 2 atom stereocenters. The number of nitrogens with one attached hydrogen (secondary N) is 1. The van der Waals surface area contributed by atoms with Crippen LogP contribution in [0.4, 0.5) is 0 Å². The number of hydrogen-bond donors (Lipinski definition) is 1. The Morgan fingerprint density at radius 3 is 2.83 bits per heavy atom. The predicted molar refractivity (Wildman–Crippen MR) is 95.2 cm³/mol. The van der Waals surface area contributed by atoms with Crippen LogP contribution in [0.1, 0.15) is 51.0 Å². The van der Waals surface area contributed by atoms with Gasteiger partial charge in [0.1, 0.15) is 0 Å². The van der Waals surface area contributed by atoms with Crippen LogP contribution in [0.5, 0.6) is 0 Å². The van der Waals surface area contributed by atoms with Crippen LogP contribution in [0.15, 0.2) is 36.4 Å². The number of benzene rings is 1. The van der Waals surface area contributed by atoms with Crippen LogP contribution in [0.2, 0.25) is 0 Å². The zero-order valence-corrected chi connectivity index (χ0v) is 14.3. The van der Waals surface area contributed by atoms with Gasteiger partial charge in [-0.15, -0.1) is 0 Å². The summed E-state index contributed by atoms with van der Waals surface area (Å²) in [5.41, 5.74) is 0.720. The molecule has 0 unspecified atom stereocenters. The molecule has 0 aromatic heterocycles. The largest absolute Gasteiger partial charge is 0.349 e. The van der Waals surface area contributed by atoms with Crippen LogP contribution >= 0.6 is 0 Å². The molecule has 128 valence electrons. The summed E-state index contributed by atoms with van der Waals surface area (Å²) in [6, 6.07) is 9.96. The topological polar surface area (TPSA) is 49.4 Å². The molecule has 4 heteroatoms. The van der Waals surface area contributed by atoms with Crippen LogP contribution in [0, 0.1) is 0 Å². The van der Waals surface area contributed by atoms with E-state index in [2.05, 4.69) is 12.2 Å². The van der Waals surface area contributed by atoms with Crippen molar-refractivity contribution in [1.29, 1.82) is 0 Å². The summed E-state index contributed by atoms with van der Waals surface area (Å²) in [6.07, 6.45) is 8.82. The first kappa shape index (κ1) is 16.7. The second-order valence-electron chi connectivity index (χ2n) is 7.11. The van der Waals surface area contributed by atoms with Crippen molar-refractivity contribution < 1.29 is 9.59 Å². The molecule has 0 saturated carbocycles. The van der Waals surface area contributed by atoms with Crippen LogP contribution in [-0.4, -0.2) is 34.8 Å². The fraction of sp³-hybridized carbons (Fsp3) is 0.500. The maximum atomic E-state index is 12.8. The molecule has 1 aromatic rings. The van der Waals surface area contributed by atoms with Crippen molar-refractivity contribution in [3.8, 4) is 0 Å². The van der Waals surface area contributed by atoms with Gasteiger partial charge >= 0.3 is 0 Å². The lowest BCUT2D eigenvalue weighted by Gasteiger charge is -2.41. The van der Waals surface area contributed by atoms with E-state index in [1.807, 2.05) is 41.3 Å². The summed E-state index contributed by atoms with van der Waals surface area (Å²) >= 11 is 0. The van der Waals surface area contributed by atoms with Gasteiger partial charge in [-0.3, -0.25) is 9.59 Å². The molecule has 1 aromatic carbocycles. The van der Waals surface area contributed by atoms with Crippen LogP contribution in [0.3, 0.4) is 0 Å². The SMILES string of the molecule is C[C@]12CCCCN(C(=O)/C=C/c3ccccc3)[C@H]1CCCC(=O)N2. The lowest BCUT2D eigenvalue weighted by Crippen LogP contribution is -2.59. The molecule has 0 aliphatic carbocycles. The Kier molecular flexibility index (Phi) is 5.03. The van der Waals surface area contributed by atoms with Gasteiger partial charge in [0.25, 0.3) is 0 Å². The minimum absolute atomic E-state index is 0.0492. The Balaban J connectivity index is 1.81. The summed E-state index contributed by atoms with van der Waals surface area (Å²) in [4.78, 5) is 26.8. The summed E-state index contributed by atoms with van der Waals surface area (Å²) in [5, 5.41) is 3.20. The molecule has 24 heavy (non-hydrogen) atoms. The Morgan fingerprint density at radius 1 is 1.25 bits per heavy atom. The molecule has 1 N–H and O–H groups in total. The van der Waals surface area contributed by atoms with Gasteiger partial charge in [0, 0.05) is 19.0 Å². The second kappa shape index (κ2) is 7.20. The minimum atomic E-state index is -0.305. The molecule has 2 heterocycles. The van der Waals surface area contributed by atoms with E-state index in [0.29, 0.717) is 6.42 Å². The van der Waals surface area contributed by atoms with Gasteiger partial charge in [-0.1, -0.05) is 30.3 Å². The molecular weight excluding hydrogens is 300 g/mol. The van der Waals surface area contributed by atoms with E-state index in [1.165, 1.54) is 0 Å². The molecule has 2 saturated heterocycles. The predicted octanol–water partition coefficient (Wildman–Crippen LogP) is 3.14. The Labute approximate surface area is 143 Å². The Bertz CT molecular complexity index is 626. The number of fused-ring (bicyclic) bond motifs is 1. The number of carbonyl (C=O) groups excluding carboxylic acids is 2. The average Bonchev–Trinajstić information content (AvgIpc) is 2.82. The highest BCUT2D eigenvalue weighted by molar-refractivity contribution is 5.92. The van der Waals surface area contributed by atoms with Crippen molar-refractivity contribution in [2.45, 2.75) is 57.0 Å². The molecule has 0 radical (unpaired) electrons. The molecule has 2 fully saturated rings. The number of nitrogens with zero attached hydrogens (tertiary/aromatic N) is 1. The second-order valence-corrected chi connectivity index (χ2v) is 7.11. The fourth-order valence-electron chi connectivity index (χ4n) is 3.99. The lowest BCUT2D eigenvalue weighted by atomic mass is 9.85. The zero-order chi connectivity index (χ0) is 17.0. The maximum Gasteiger partial charge on any atom is 0.246 e. The third-order valence-electron chi connectivity index (χ3n) is 5.26. The van der Waals surface area contributed by atoms with Gasteiger partial charge in [-0.05, 0) is 50.7 Å². The smallest absolute Gasteiger partial charge is 0.246 e. The first-order valence-corrected chi connectivity index (χ1v) is 8.93. The van der Waals surface area contributed by atoms with E-state index in [1.54, 1.807) is 6.08 Å². The maximum absolute atomic E-state index is 12.8. The molecule has 4 nitrogen and oxygen atoms in total. The number of hydrogen-bond acceptors (Lipinski definition) is 2. The number of rotatable bonds is 2. The molecule has 0 bridgehead atoms. The highest BCUT2D eigenvalue weighted by Crippen LogP contribution is 2.32. The first-order valence-electron chi connectivity index (χ1n) is 8.93. The van der Waals surface area contributed by atoms with Crippen LogP contribution in [-0.2, 0) is 9.59 Å². The lowest BCUT2D eigenvalue weighted by molar-refractivity contribution is -0.131. The summed E-state index contributed by atoms with van der Waals surface area (Å²) in [7, 11) is 0. The normalized spacial score (nSPS) is 28.0. The van der Waals surface area contributed by atoms with Gasteiger partial charge in [0.2, 0.25) is 11.8 Å². The van der Waals surface area contributed by atoms with E-state index >= 15 is 0 Å². The summed E-state index contributed by atoms with van der Waals surface area (Å²) in [6.45, 7) is 2.88. The van der Waals surface area contributed by atoms with Gasteiger partial charge < -0.3 is 10.2 Å². The van der Waals surface area contributed by atoms with Crippen molar-refractivity contribution in [1.82, 2.24) is 10.2 Å². The Morgan fingerprint density at radius 2 is 2.04 bits per heavy atom. The van der Waals surface area contributed by atoms with Crippen molar-refractivity contribution in [2.75, 3.05) is 6.54 Å². The molecule has 2 aliphatic rings. The molecule has 0 spiro atoms. The minimum Gasteiger partial charge on any atom is -0.349 e.